The minimum Gasteiger partial charge on any atom is -0.326 e. The lowest BCUT2D eigenvalue weighted by Gasteiger charge is -2.15. The molecule has 0 spiro atoms. The Morgan fingerprint density at radius 2 is 2.17 bits per heavy atom. The number of nitrogens with one attached hydrogen (secondary N) is 3. The van der Waals surface area contributed by atoms with E-state index < -0.39 is 0 Å². The molecule has 1 aliphatic heterocycles. The number of aromatic amines is 1. The normalized spacial score (nSPS) is 15.1. The van der Waals surface area contributed by atoms with E-state index in [0.717, 1.165) is 28.4 Å². The number of H-pyrrole nitrogens is 1. The molecule has 3 N–H and O–H groups in total. The van der Waals surface area contributed by atoms with Gasteiger partial charge in [-0.3, -0.25) is 14.8 Å². The van der Waals surface area contributed by atoms with Crippen LogP contribution in [0.4, 0.5) is 11.4 Å². The van der Waals surface area contributed by atoms with Gasteiger partial charge in [-0.05, 0) is 38.1 Å². The minimum atomic E-state index is -0.114. The number of hydrazone groups is 1. The molecule has 148 valence electrons. The van der Waals surface area contributed by atoms with Gasteiger partial charge in [0.1, 0.15) is 6.33 Å². The molecule has 1 amide bonds. The van der Waals surface area contributed by atoms with Crippen molar-refractivity contribution < 1.29 is 4.79 Å². The highest BCUT2D eigenvalue weighted by Gasteiger charge is 2.20. The first-order valence-corrected chi connectivity index (χ1v) is 9.96. The Balaban J connectivity index is 1.54. The molecule has 0 bridgehead atoms. The van der Waals surface area contributed by atoms with E-state index in [4.69, 9.17) is 0 Å². The molecule has 1 aromatic carbocycles. The van der Waals surface area contributed by atoms with Crippen LogP contribution in [0.2, 0.25) is 0 Å². The van der Waals surface area contributed by atoms with Gasteiger partial charge < -0.3 is 5.32 Å². The molecule has 2 aromatic heterocycles. The molecular weight excluding hydrogens is 388 g/mol. The number of anilines is 1. The summed E-state index contributed by atoms with van der Waals surface area (Å²) in [6.07, 6.45) is 1.49. The number of rotatable bonds is 4. The fourth-order valence-corrected chi connectivity index (χ4v) is 3.95. The Morgan fingerprint density at radius 3 is 2.86 bits per heavy atom. The summed E-state index contributed by atoms with van der Waals surface area (Å²) in [6.45, 7) is 5.54. The molecule has 0 fully saturated rings. The first kappa shape index (κ1) is 18.9. The Kier molecular flexibility index (Phi) is 5.17. The number of aliphatic imine (C=N–C) groups is 1. The Morgan fingerprint density at radius 1 is 1.31 bits per heavy atom. The number of aryl methyl sites for hydroxylation is 1. The van der Waals surface area contributed by atoms with E-state index in [1.807, 2.05) is 42.7 Å². The lowest BCUT2D eigenvalue weighted by atomic mass is 10.1. The van der Waals surface area contributed by atoms with Gasteiger partial charge in [-0.1, -0.05) is 17.8 Å². The van der Waals surface area contributed by atoms with E-state index in [-0.39, 0.29) is 5.91 Å². The van der Waals surface area contributed by atoms with Gasteiger partial charge in [0, 0.05) is 35.3 Å². The Hall–Kier alpha value is -3.40. The van der Waals surface area contributed by atoms with Crippen LogP contribution in [0.25, 0.3) is 5.95 Å². The van der Waals surface area contributed by atoms with E-state index in [1.54, 1.807) is 11.8 Å². The summed E-state index contributed by atoms with van der Waals surface area (Å²) in [5.41, 5.74) is 8.59. The quantitative estimate of drug-likeness (QED) is 0.614. The number of hydrogen-bond acceptors (Lipinski definition) is 6. The molecule has 0 atom stereocenters. The van der Waals surface area contributed by atoms with Crippen molar-refractivity contribution in [3.63, 3.8) is 0 Å². The van der Waals surface area contributed by atoms with E-state index in [2.05, 4.69) is 42.1 Å². The van der Waals surface area contributed by atoms with Gasteiger partial charge in [0.2, 0.25) is 11.9 Å². The molecule has 9 nitrogen and oxygen atoms in total. The van der Waals surface area contributed by atoms with E-state index in [0.29, 0.717) is 22.6 Å². The first-order valence-electron chi connectivity index (χ1n) is 8.98. The maximum Gasteiger partial charge on any atom is 0.229 e. The molecular formula is C19H20N8OS. The van der Waals surface area contributed by atoms with Crippen LogP contribution in [0.5, 0.6) is 0 Å². The Bertz CT molecular complexity index is 1110. The zero-order chi connectivity index (χ0) is 20.4. The number of nitrogens with zero attached hydrogens (tertiary/aromatic N) is 5. The largest absolute Gasteiger partial charge is 0.326 e. The van der Waals surface area contributed by atoms with Crippen LogP contribution in [0, 0.1) is 13.8 Å². The predicted octanol–water partition coefficient (Wildman–Crippen LogP) is 2.90. The third kappa shape index (κ3) is 4.06. The van der Waals surface area contributed by atoms with Crippen molar-refractivity contribution in [3.05, 3.63) is 53.6 Å². The summed E-state index contributed by atoms with van der Waals surface area (Å²) in [7, 11) is 0. The van der Waals surface area contributed by atoms with Crippen molar-refractivity contribution in [2.45, 2.75) is 20.8 Å². The van der Waals surface area contributed by atoms with Crippen molar-refractivity contribution >= 4 is 39.9 Å². The molecule has 0 aliphatic carbocycles. The summed E-state index contributed by atoms with van der Waals surface area (Å²) in [6, 6.07) is 9.47. The lowest BCUT2D eigenvalue weighted by Crippen LogP contribution is -2.25. The molecule has 29 heavy (non-hydrogen) atoms. The highest BCUT2D eigenvalue weighted by atomic mass is 32.2. The summed E-state index contributed by atoms with van der Waals surface area (Å²) in [4.78, 5) is 20.0. The van der Waals surface area contributed by atoms with Crippen LogP contribution in [0.1, 0.15) is 23.9 Å². The number of amidine groups is 1. The number of carbonyl (C=O) groups excluding carboxylic acids is 1. The highest BCUT2D eigenvalue weighted by Crippen LogP contribution is 2.24. The average molecular weight is 408 g/mol. The topological polar surface area (TPSA) is 112 Å². The summed E-state index contributed by atoms with van der Waals surface area (Å²) >= 11 is 1.58. The predicted molar refractivity (Wildman–Crippen MR) is 115 cm³/mol. The first-order chi connectivity index (χ1) is 14.0. The summed E-state index contributed by atoms with van der Waals surface area (Å²) < 4.78 is 2.02. The van der Waals surface area contributed by atoms with Crippen molar-refractivity contribution in [1.82, 2.24) is 25.2 Å². The smallest absolute Gasteiger partial charge is 0.229 e. The maximum absolute atomic E-state index is 11.2. The molecule has 0 radical (unpaired) electrons. The number of hydrogen-bond donors (Lipinski definition) is 3. The van der Waals surface area contributed by atoms with E-state index in [1.165, 1.54) is 13.3 Å². The maximum atomic E-state index is 11.2. The van der Waals surface area contributed by atoms with Crippen molar-refractivity contribution in [3.8, 4) is 5.95 Å². The van der Waals surface area contributed by atoms with Crippen LogP contribution in [0.3, 0.4) is 0 Å². The second-order valence-corrected chi connectivity index (χ2v) is 7.50. The van der Waals surface area contributed by atoms with Gasteiger partial charge in [0.05, 0.1) is 11.4 Å². The molecule has 4 rings (SSSR count). The van der Waals surface area contributed by atoms with Gasteiger partial charge >= 0.3 is 0 Å². The zero-order valence-corrected chi connectivity index (χ0v) is 17.0. The number of amides is 1. The second kappa shape index (κ2) is 7.92. The SMILES string of the molecule is CC(=O)Nc1cccc(N=C2NN=C(c3cc(C)n(-c4ncn[nH]4)c3C)CS2)c1. The number of carbonyl (C=O) groups is 1. The fraction of sp³-hybridized carbons (Fsp3) is 0.211. The van der Waals surface area contributed by atoms with E-state index in [9.17, 15) is 4.79 Å². The lowest BCUT2D eigenvalue weighted by molar-refractivity contribution is -0.114. The molecule has 3 aromatic rings. The van der Waals surface area contributed by atoms with Gasteiger partial charge in [-0.2, -0.15) is 15.2 Å². The van der Waals surface area contributed by atoms with Crippen LogP contribution in [-0.2, 0) is 4.79 Å². The molecule has 3 heterocycles. The molecule has 1 aliphatic rings. The molecule has 0 saturated heterocycles. The second-order valence-electron chi connectivity index (χ2n) is 6.54. The van der Waals surface area contributed by atoms with Crippen LogP contribution in [-0.4, -0.2) is 42.3 Å². The zero-order valence-electron chi connectivity index (χ0n) is 16.2. The van der Waals surface area contributed by atoms with Gasteiger partial charge in [0.15, 0.2) is 5.17 Å². The van der Waals surface area contributed by atoms with Crippen LogP contribution in [0.15, 0.2) is 46.8 Å². The van der Waals surface area contributed by atoms with Crippen LogP contribution >= 0.6 is 11.8 Å². The number of thioether (sulfide) groups is 1. The molecule has 0 saturated carbocycles. The fourth-order valence-electron chi connectivity index (χ4n) is 3.17. The summed E-state index contributed by atoms with van der Waals surface area (Å²) in [5.74, 6) is 1.26. The highest BCUT2D eigenvalue weighted by molar-refractivity contribution is 8.14. The van der Waals surface area contributed by atoms with Crippen LogP contribution < -0.4 is 10.7 Å². The average Bonchev–Trinajstić information content (AvgIpc) is 3.30. The van der Waals surface area contributed by atoms with E-state index >= 15 is 0 Å². The Labute approximate surface area is 171 Å². The monoisotopic (exact) mass is 408 g/mol. The minimum absolute atomic E-state index is 0.114. The van der Waals surface area contributed by atoms with Crippen molar-refractivity contribution in [1.29, 1.82) is 0 Å². The molecule has 10 heteroatoms. The standard InChI is InChI=1S/C19H20N8OS/c1-11-7-16(12(2)27(11)18-20-10-21-25-18)17-9-29-19(26-24-17)23-15-6-4-5-14(8-15)22-13(3)28/h4-8,10H,9H2,1-3H3,(H,22,28)(H,23,26)(H,20,21,25). The molecule has 0 unspecified atom stereocenters. The van der Waals surface area contributed by atoms with Crippen molar-refractivity contribution in [2.75, 3.05) is 11.1 Å². The van der Waals surface area contributed by atoms with Gasteiger partial charge in [-0.25, -0.2) is 10.1 Å². The summed E-state index contributed by atoms with van der Waals surface area (Å²) in [5, 5.41) is 14.8. The number of benzene rings is 1. The third-order valence-electron chi connectivity index (χ3n) is 4.39. The van der Waals surface area contributed by atoms with Gasteiger partial charge in [-0.15, -0.1) is 0 Å². The third-order valence-corrected chi connectivity index (χ3v) is 5.26. The van der Waals surface area contributed by atoms with Crippen molar-refractivity contribution in [2.24, 2.45) is 10.1 Å². The van der Waals surface area contributed by atoms with Gasteiger partial charge in [0.25, 0.3) is 0 Å². The number of aromatic nitrogens is 4.